The van der Waals surface area contributed by atoms with Gasteiger partial charge in [0.2, 0.25) is 5.91 Å². The van der Waals surface area contributed by atoms with Crippen LogP contribution in [0.5, 0.6) is 0 Å². The number of benzene rings is 1. The molecule has 4 nitrogen and oxygen atoms in total. The molecule has 1 aromatic carbocycles. The summed E-state index contributed by atoms with van der Waals surface area (Å²) in [7, 11) is 0. The molecule has 2 amide bonds. The van der Waals surface area contributed by atoms with Crippen molar-refractivity contribution in [3.63, 3.8) is 0 Å². The van der Waals surface area contributed by atoms with Crippen LogP contribution >= 0.6 is 11.3 Å². The van der Waals surface area contributed by atoms with Crippen molar-refractivity contribution in [1.82, 2.24) is 10.6 Å². The van der Waals surface area contributed by atoms with Crippen LogP contribution in [0, 0.1) is 0 Å². The first-order valence-electron chi connectivity index (χ1n) is 7.43. The van der Waals surface area contributed by atoms with Gasteiger partial charge in [-0.1, -0.05) is 30.3 Å². The van der Waals surface area contributed by atoms with Crippen molar-refractivity contribution >= 4 is 23.2 Å². The number of amides is 2. The molecule has 1 aliphatic carbocycles. The number of hydrogen-bond acceptors (Lipinski definition) is 3. The molecule has 0 saturated heterocycles. The Bertz CT molecular complexity index is 667. The van der Waals surface area contributed by atoms with Crippen LogP contribution in [-0.4, -0.2) is 18.4 Å². The van der Waals surface area contributed by atoms with Gasteiger partial charge in [0.25, 0.3) is 5.91 Å². The second-order valence-corrected chi connectivity index (χ2v) is 6.32. The van der Waals surface area contributed by atoms with E-state index in [9.17, 15) is 9.59 Å². The molecule has 114 valence electrons. The van der Waals surface area contributed by atoms with E-state index in [2.05, 4.69) is 22.8 Å². The number of aryl methyl sites for hydroxylation is 1. The first-order chi connectivity index (χ1) is 10.7. The Kier molecular flexibility index (Phi) is 4.53. The highest BCUT2D eigenvalue weighted by Crippen LogP contribution is 2.29. The van der Waals surface area contributed by atoms with Crippen LogP contribution in [0.4, 0.5) is 0 Å². The van der Waals surface area contributed by atoms with Crippen LogP contribution in [0.3, 0.4) is 0 Å². The van der Waals surface area contributed by atoms with Crippen LogP contribution in [0.25, 0.3) is 0 Å². The number of thiophene rings is 1. The van der Waals surface area contributed by atoms with Crippen molar-refractivity contribution in [3.05, 3.63) is 57.8 Å². The third-order valence-corrected chi connectivity index (χ3v) is 4.73. The monoisotopic (exact) mass is 314 g/mol. The Labute approximate surface area is 133 Å². The van der Waals surface area contributed by atoms with Crippen molar-refractivity contribution in [2.75, 3.05) is 6.54 Å². The first-order valence-corrected chi connectivity index (χ1v) is 8.31. The van der Waals surface area contributed by atoms with E-state index in [-0.39, 0.29) is 24.4 Å². The summed E-state index contributed by atoms with van der Waals surface area (Å²) in [6.07, 6.45) is 3.09. The molecule has 0 radical (unpaired) electrons. The van der Waals surface area contributed by atoms with Gasteiger partial charge in [-0.2, -0.15) is 0 Å². The molecule has 3 rings (SSSR count). The molecule has 0 bridgehead atoms. The summed E-state index contributed by atoms with van der Waals surface area (Å²) in [4.78, 5) is 24.5. The molecule has 0 saturated carbocycles. The second kappa shape index (κ2) is 6.75. The van der Waals surface area contributed by atoms with E-state index in [1.807, 2.05) is 23.6 Å². The Balaban J connectivity index is 1.55. The minimum Gasteiger partial charge on any atom is -0.348 e. The highest BCUT2D eigenvalue weighted by atomic mass is 32.1. The molecule has 1 aromatic heterocycles. The summed E-state index contributed by atoms with van der Waals surface area (Å²) in [5.74, 6) is -0.346. The van der Waals surface area contributed by atoms with Gasteiger partial charge in [0.05, 0.1) is 17.5 Å². The average molecular weight is 314 g/mol. The maximum Gasteiger partial charge on any atom is 0.261 e. The first kappa shape index (κ1) is 14.8. The molecule has 1 heterocycles. The summed E-state index contributed by atoms with van der Waals surface area (Å²) >= 11 is 1.37. The number of nitrogens with one attached hydrogen (secondary N) is 2. The molecule has 22 heavy (non-hydrogen) atoms. The van der Waals surface area contributed by atoms with Crippen molar-refractivity contribution in [2.45, 2.75) is 25.3 Å². The molecule has 2 aromatic rings. The Morgan fingerprint density at radius 1 is 1.18 bits per heavy atom. The van der Waals surface area contributed by atoms with Crippen LogP contribution in [-0.2, 0) is 11.2 Å². The number of carbonyl (C=O) groups excluding carboxylic acids is 2. The Morgan fingerprint density at radius 3 is 2.86 bits per heavy atom. The van der Waals surface area contributed by atoms with Crippen LogP contribution in [0.15, 0.2) is 41.8 Å². The number of rotatable bonds is 4. The number of hydrogen-bond donors (Lipinski definition) is 2. The average Bonchev–Trinajstić information content (AvgIpc) is 3.07. The van der Waals surface area contributed by atoms with E-state index in [1.165, 1.54) is 22.5 Å². The van der Waals surface area contributed by atoms with Gasteiger partial charge >= 0.3 is 0 Å². The third-order valence-electron chi connectivity index (χ3n) is 3.86. The number of carbonyl (C=O) groups is 2. The second-order valence-electron chi connectivity index (χ2n) is 5.37. The van der Waals surface area contributed by atoms with Crippen molar-refractivity contribution in [2.24, 2.45) is 0 Å². The highest BCUT2D eigenvalue weighted by molar-refractivity contribution is 7.12. The van der Waals surface area contributed by atoms with Gasteiger partial charge < -0.3 is 10.6 Å². The molecular formula is C17H18N2O2S. The fourth-order valence-corrected chi connectivity index (χ4v) is 3.44. The molecule has 5 heteroatoms. The summed E-state index contributed by atoms with van der Waals surface area (Å²) in [5, 5.41) is 7.52. The lowest BCUT2D eigenvalue weighted by molar-refractivity contribution is -0.121. The zero-order valence-corrected chi connectivity index (χ0v) is 13.0. The van der Waals surface area contributed by atoms with Gasteiger partial charge in [0.1, 0.15) is 0 Å². The van der Waals surface area contributed by atoms with E-state index < -0.39 is 0 Å². The molecule has 1 aliphatic rings. The quantitative estimate of drug-likeness (QED) is 0.911. The molecule has 0 aliphatic heterocycles. The van der Waals surface area contributed by atoms with Crippen LogP contribution < -0.4 is 10.6 Å². The van der Waals surface area contributed by atoms with E-state index >= 15 is 0 Å². The van der Waals surface area contributed by atoms with Gasteiger partial charge in [0, 0.05) is 0 Å². The van der Waals surface area contributed by atoms with E-state index in [1.54, 1.807) is 6.07 Å². The predicted molar refractivity (Wildman–Crippen MR) is 86.9 cm³/mol. The lowest BCUT2D eigenvalue weighted by Gasteiger charge is -2.26. The van der Waals surface area contributed by atoms with Gasteiger partial charge in [-0.25, -0.2) is 0 Å². The van der Waals surface area contributed by atoms with Gasteiger partial charge in [-0.15, -0.1) is 11.3 Å². The largest absolute Gasteiger partial charge is 0.348 e. The summed E-state index contributed by atoms with van der Waals surface area (Å²) < 4.78 is 0. The standard InChI is InChI=1S/C17H18N2O2S/c20-16(11-18-17(21)15-9-4-10-22-15)19-14-8-3-6-12-5-1-2-7-13(12)14/h1-2,4-5,7,9-10,14H,3,6,8,11H2,(H,18,21)(H,19,20). The lowest BCUT2D eigenvalue weighted by Crippen LogP contribution is -2.39. The normalized spacial score (nSPS) is 16.6. The maximum atomic E-state index is 12.1. The fraction of sp³-hybridized carbons (Fsp3) is 0.294. The van der Waals surface area contributed by atoms with E-state index in [0.717, 1.165) is 19.3 Å². The predicted octanol–water partition coefficient (Wildman–Crippen LogP) is 2.67. The molecule has 1 unspecified atom stereocenters. The maximum absolute atomic E-state index is 12.1. The van der Waals surface area contributed by atoms with E-state index in [0.29, 0.717) is 4.88 Å². The molecule has 0 spiro atoms. The van der Waals surface area contributed by atoms with E-state index in [4.69, 9.17) is 0 Å². The Hall–Kier alpha value is -2.14. The third kappa shape index (κ3) is 3.36. The smallest absolute Gasteiger partial charge is 0.261 e. The molecule has 1 atom stereocenters. The van der Waals surface area contributed by atoms with Crippen molar-refractivity contribution in [3.8, 4) is 0 Å². The zero-order chi connectivity index (χ0) is 15.4. The van der Waals surface area contributed by atoms with Crippen molar-refractivity contribution in [1.29, 1.82) is 0 Å². The van der Waals surface area contributed by atoms with Crippen LogP contribution in [0.2, 0.25) is 0 Å². The molecular weight excluding hydrogens is 296 g/mol. The topological polar surface area (TPSA) is 58.2 Å². The van der Waals surface area contributed by atoms with Gasteiger partial charge in [-0.05, 0) is 41.8 Å². The molecule has 2 N–H and O–H groups in total. The lowest BCUT2D eigenvalue weighted by atomic mass is 9.88. The van der Waals surface area contributed by atoms with Gasteiger partial charge in [-0.3, -0.25) is 9.59 Å². The zero-order valence-electron chi connectivity index (χ0n) is 12.2. The van der Waals surface area contributed by atoms with Crippen LogP contribution in [0.1, 0.15) is 39.7 Å². The highest BCUT2D eigenvalue weighted by Gasteiger charge is 2.21. The Morgan fingerprint density at radius 2 is 2.05 bits per heavy atom. The SMILES string of the molecule is O=C(CNC(=O)c1cccs1)NC1CCCc2ccccc21. The summed E-state index contributed by atoms with van der Waals surface area (Å²) in [6.45, 7) is 0.00933. The fourth-order valence-electron chi connectivity index (χ4n) is 2.80. The minimum atomic E-state index is -0.200. The summed E-state index contributed by atoms with van der Waals surface area (Å²) in [6, 6.07) is 11.8. The van der Waals surface area contributed by atoms with Gasteiger partial charge in [0.15, 0.2) is 0 Å². The molecule has 0 fully saturated rings. The number of fused-ring (bicyclic) bond motifs is 1. The minimum absolute atomic E-state index is 0.00933. The van der Waals surface area contributed by atoms with Crippen molar-refractivity contribution < 1.29 is 9.59 Å². The summed E-state index contributed by atoms with van der Waals surface area (Å²) in [5.41, 5.74) is 2.51.